The number of nitrogens with one attached hydrogen (secondary N) is 2. The molecule has 0 atom stereocenters. The Morgan fingerprint density at radius 1 is 1.10 bits per heavy atom. The molecule has 0 fully saturated rings. The molecule has 30 heavy (non-hydrogen) atoms. The van der Waals surface area contributed by atoms with Crippen LogP contribution in [0.2, 0.25) is 0 Å². The van der Waals surface area contributed by atoms with E-state index in [0.717, 1.165) is 17.7 Å². The smallest absolute Gasteiger partial charge is 0.278 e. The zero-order chi connectivity index (χ0) is 21.1. The van der Waals surface area contributed by atoms with Gasteiger partial charge in [0.1, 0.15) is 6.54 Å². The minimum Gasteiger partial charge on any atom is -0.454 e. The molecule has 1 aromatic heterocycles. The van der Waals surface area contributed by atoms with Crippen LogP contribution in [0.15, 0.2) is 42.5 Å². The van der Waals surface area contributed by atoms with Gasteiger partial charge in [-0.1, -0.05) is 30.3 Å². The van der Waals surface area contributed by atoms with Gasteiger partial charge in [0.05, 0.1) is 5.69 Å². The molecule has 0 saturated heterocycles. The summed E-state index contributed by atoms with van der Waals surface area (Å²) in [6, 6.07) is 12.7. The second-order valence-corrected chi connectivity index (χ2v) is 6.76. The summed E-state index contributed by atoms with van der Waals surface area (Å²) in [4.78, 5) is 25.1. The van der Waals surface area contributed by atoms with Crippen molar-refractivity contribution in [3.8, 4) is 11.5 Å². The molecule has 2 aromatic carbocycles. The van der Waals surface area contributed by atoms with Gasteiger partial charge >= 0.3 is 0 Å². The number of para-hydroxylation sites is 1. The molecule has 9 heteroatoms. The predicted molar refractivity (Wildman–Crippen MR) is 110 cm³/mol. The fourth-order valence-corrected chi connectivity index (χ4v) is 3.16. The molecular weight excluding hydrogens is 386 g/mol. The van der Waals surface area contributed by atoms with Gasteiger partial charge in [-0.05, 0) is 37.1 Å². The van der Waals surface area contributed by atoms with Gasteiger partial charge in [0, 0.05) is 17.4 Å². The highest BCUT2D eigenvalue weighted by molar-refractivity contribution is 6.04. The Kier molecular flexibility index (Phi) is 5.34. The molecule has 1 aliphatic heterocycles. The van der Waals surface area contributed by atoms with E-state index in [4.69, 9.17) is 9.47 Å². The second-order valence-electron chi connectivity index (χ2n) is 6.76. The van der Waals surface area contributed by atoms with Gasteiger partial charge in [0.2, 0.25) is 12.7 Å². The van der Waals surface area contributed by atoms with Crippen LogP contribution in [0.1, 0.15) is 28.7 Å². The first-order valence-corrected chi connectivity index (χ1v) is 9.54. The third kappa shape index (κ3) is 3.95. The van der Waals surface area contributed by atoms with Gasteiger partial charge < -0.3 is 20.1 Å². The lowest BCUT2D eigenvalue weighted by Gasteiger charge is -2.09. The van der Waals surface area contributed by atoms with Crippen LogP contribution in [0.4, 0.5) is 11.4 Å². The number of carbonyl (C=O) groups excluding carboxylic acids is 2. The van der Waals surface area contributed by atoms with Crippen molar-refractivity contribution in [1.82, 2.24) is 15.0 Å². The zero-order valence-electron chi connectivity index (χ0n) is 16.6. The summed E-state index contributed by atoms with van der Waals surface area (Å²) in [5.74, 6) is 0.553. The Hall–Kier alpha value is -3.88. The summed E-state index contributed by atoms with van der Waals surface area (Å²) in [5.41, 5.74) is 3.02. The van der Waals surface area contributed by atoms with Crippen molar-refractivity contribution in [2.45, 2.75) is 26.8 Å². The van der Waals surface area contributed by atoms with Gasteiger partial charge in [-0.15, -0.1) is 5.10 Å². The number of carbonyl (C=O) groups is 2. The number of benzene rings is 2. The number of fused-ring (bicyclic) bond motifs is 1. The number of anilines is 2. The molecule has 9 nitrogen and oxygen atoms in total. The largest absolute Gasteiger partial charge is 0.454 e. The van der Waals surface area contributed by atoms with Gasteiger partial charge in [-0.3, -0.25) is 9.59 Å². The number of aromatic nitrogens is 3. The van der Waals surface area contributed by atoms with E-state index >= 15 is 0 Å². The molecule has 4 rings (SSSR count). The molecule has 2 amide bonds. The number of nitrogens with zero attached hydrogens (tertiary/aromatic N) is 3. The molecule has 1 aliphatic rings. The van der Waals surface area contributed by atoms with Crippen LogP contribution < -0.4 is 20.1 Å². The highest BCUT2D eigenvalue weighted by atomic mass is 16.7. The summed E-state index contributed by atoms with van der Waals surface area (Å²) in [5, 5.41) is 13.6. The van der Waals surface area contributed by atoms with Crippen LogP contribution in [-0.2, 0) is 17.8 Å². The average Bonchev–Trinajstić information content (AvgIpc) is 3.35. The lowest BCUT2D eigenvalue weighted by molar-refractivity contribution is -0.117. The molecule has 0 bridgehead atoms. The number of hydrogen-bond donors (Lipinski definition) is 2. The first kappa shape index (κ1) is 19.4. The number of hydrogen-bond acceptors (Lipinski definition) is 6. The van der Waals surface area contributed by atoms with E-state index < -0.39 is 0 Å². The van der Waals surface area contributed by atoms with E-state index in [1.54, 1.807) is 25.1 Å². The van der Waals surface area contributed by atoms with Crippen LogP contribution in [-0.4, -0.2) is 33.6 Å². The standard InChI is InChI=1S/C21H21N5O4/c1-3-14-6-4-5-7-16(14)23-21(28)20-13(2)26(25-24-20)11-19(27)22-15-8-9-17-18(10-15)30-12-29-17/h4-10H,3,11-12H2,1-2H3,(H,22,27)(H,23,28). The van der Waals surface area contributed by atoms with Gasteiger partial charge in [0.15, 0.2) is 17.2 Å². The van der Waals surface area contributed by atoms with E-state index in [-0.39, 0.29) is 30.8 Å². The molecule has 0 spiro atoms. The van der Waals surface area contributed by atoms with Crippen molar-refractivity contribution < 1.29 is 19.1 Å². The molecular formula is C21H21N5O4. The Bertz CT molecular complexity index is 1110. The fourth-order valence-electron chi connectivity index (χ4n) is 3.16. The molecule has 0 unspecified atom stereocenters. The van der Waals surface area contributed by atoms with Crippen LogP contribution in [0.5, 0.6) is 11.5 Å². The minimum absolute atomic E-state index is 0.0773. The lowest BCUT2D eigenvalue weighted by atomic mass is 10.1. The van der Waals surface area contributed by atoms with Crippen molar-refractivity contribution in [2.24, 2.45) is 0 Å². The molecule has 0 aliphatic carbocycles. The monoisotopic (exact) mass is 407 g/mol. The van der Waals surface area contributed by atoms with Crippen LogP contribution in [0.25, 0.3) is 0 Å². The van der Waals surface area contributed by atoms with E-state index in [1.165, 1.54) is 4.68 Å². The lowest BCUT2D eigenvalue weighted by Crippen LogP contribution is -2.21. The van der Waals surface area contributed by atoms with Crippen molar-refractivity contribution in [2.75, 3.05) is 17.4 Å². The average molecular weight is 407 g/mol. The van der Waals surface area contributed by atoms with E-state index in [2.05, 4.69) is 20.9 Å². The topological polar surface area (TPSA) is 107 Å². The van der Waals surface area contributed by atoms with E-state index in [9.17, 15) is 9.59 Å². The first-order chi connectivity index (χ1) is 14.5. The summed E-state index contributed by atoms with van der Waals surface area (Å²) < 4.78 is 12.0. The normalized spacial score (nSPS) is 11.9. The van der Waals surface area contributed by atoms with Gasteiger partial charge in [0.25, 0.3) is 5.91 Å². The maximum absolute atomic E-state index is 12.6. The van der Waals surface area contributed by atoms with Crippen molar-refractivity contribution >= 4 is 23.2 Å². The quantitative estimate of drug-likeness (QED) is 0.651. The van der Waals surface area contributed by atoms with Gasteiger partial charge in [-0.2, -0.15) is 0 Å². The third-order valence-corrected chi connectivity index (χ3v) is 4.79. The molecule has 0 radical (unpaired) electrons. The van der Waals surface area contributed by atoms with Crippen LogP contribution in [0.3, 0.4) is 0 Å². The Morgan fingerprint density at radius 2 is 1.90 bits per heavy atom. The molecule has 2 N–H and O–H groups in total. The first-order valence-electron chi connectivity index (χ1n) is 9.54. The Morgan fingerprint density at radius 3 is 2.73 bits per heavy atom. The van der Waals surface area contributed by atoms with Crippen molar-refractivity contribution in [3.63, 3.8) is 0 Å². The highest BCUT2D eigenvalue weighted by Crippen LogP contribution is 2.34. The van der Waals surface area contributed by atoms with Gasteiger partial charge in [-0.25, -0.2) is 4.68 Å². The highest BCUT2D eigenvalue weighted by Gasteiger charge is 2.19. The zero-order valence-corrected chi connectivity index (χ0v) is 16.6. The maximum Gasteiger partial charge on any atom is 0.278 e. The van der Waals surface area contributed by atoms with Crippen molar-refractivity contribution in [3.05, 3.63) is 59.4 Å². The van der Waals surface area contributed by atoms with E-state index in [0.29, 0.717) is 22.9 Å². The summed E-state index contributed by atoms with van der Waals surface area (Å²) in [6.45, 7) is 3.81. The van der Waals surface area contributed by atoms with Crippen LogP contribution >= 0.6 is 0 Å². The second kappa shape index (κ2) is 8.24. The Balaban J connectivity index is 1.42. The van der Waals surface area contributed by atoms with E-state index in [1.807, 2.05) is 31.2 Å². The number of ether oxygens (including phenoxy) is 2. The number of aryl methyl sites for hydroxylation is 1. The molecule has 154 valence electrons. The predicted octanol–water partition coefficient (Wildman–Crippen LogP) is 2.77. The van der Waals surface area contributed by atoms with Crippen molar-refractivity contribution in [1.29, 1.82) is 0 Å². The summed E-state index contributed by atoms with van der Waals surface area (Å²) in [7, 11) is 0. The Labute approximate surface area is 173 Å². The number of amides is 2. The third-order valence-electron chi connectivity index (χ3n) is 4.79. The molecule has 0 saturated carbocycles. The minimum atomic E-state index is -0.365. The fraction of sp³-hybridized carbons (Fsp3) is 0.238. The number of rotatable bonds is 6. The summed E-state index contributed by atoms with van der Waals surface area (Å²) in [6.07, 6.45) is 0.794. The summed E-state index contributed by atoms with van der Waals surface area (Å²) >= 11 is 0. The maximum atomic E-state index is 12.6. The molecule has 3 aromatic rings. The van der Waals surface area contributed by atoms with Crippen LogP contribution in [0, 0.1) is 6.92 Å². The SMILES string of the molecule is CCc1ccccc1NC(=O)c1nnn(CC(=O)Nc2ccc3c(c2)OCO3)c1C. The molecule has 2 heterocycles.